The highest BCUT2D eigenvalue weighted by atomic mass is 32.1. The second-order valence-corrected chi connectivity index (χ2v) is 9.88. The van der Waals surface area contributed by atoms with E-state index in [4.69, 9.17) is 14.5 Å². The lowest BCUT2D eigenvalue weighted by Gasteiger charge is -2.35. The maximum Gasteiger partial charge on any atom is 0.181 e. The molecule has 0 saturated carbocycles. The summed E-state index contributed by atoms with van der Waals surface area (Å²) >= 11 is 1.71. The van der Waals surface area contributed by atoms with Crippen LogP contribution in [0.1, 0.15) is 17.0 Å². The highest BCUT2D eigenvalue weighted by molar-refractivity contribution is 7.22. The quantitative estimate of drug-likeness (QED) is 0.334. The number of fused-ring (bicyclic) bond motifs is 1. The summed E-state index contributed by atoms with van der Waals surface area (Å²) in [6.45, 7) is 8.56. The van der Waals surface area contributed by atoms with Crippen molar-refractivity contribution >= 4 is 27.4 Å². The van der Waals surface area contributed by atoms with Gasteiger partial charge >= 0.3 is 0 Å². The molecule has 0 atom stereocenters. The van der Waals surface area contributed by atoms with Crippen molar-refractivity contribution in [3.63, 3.8) is 0 Å². The second-order valence-electron chi connectivity index (χ2n) is 8.85. The predicted molar refractivity (Wildman–Crippen MR) is 140 cm³/mol. The smallest absolute Gasteiger partial charge is 0.181 e. The molecule has 5 aromatic rings. The summed E-state index contributed by atoms with van der Waals surface area (Å²) in [4.78, 5) is 21.5. The van der Waals surface area contributed by atoms with Gasteiger partial charge in [-0.05, 0) is 37.6 Å². The molecule has 1 aliphatic heterocycles. The molecule has 0 radical (unpaired) electrons. The lowest BCUT2D eigenvalue weighted by atomic mass is 10.1. The van der Waals surface area contributed by atoms with Crippen molar-refractivity contribution in [3.05, 3.63) is 77.8 Å². The van der Waals surface area contributed by atoms with E-state index in [1.54, 1.807) is 17.5 Å². The summed E-state index contributed by atoms with van der Waals surface area (Å²) in [5.74, 6) is 2.58. The summed E-state index contributed by atoms with van der Waals surface area (Å²) in [6.07, 6.45) is 1.79. The first-order chi connectivity index (χ1) is 17.2. The topological polar surface area (TPSA) is 71.2 Å². The van der Waals surface area contributed by atoms with Gasteiger partial charge in [0.15, 0.2) is 5.82 Å². The van der Waals surface area contributed by atoms with Gasteiger partial charge in [-0.2, -0.15) is 0 Å². The third kappa shape index (κ3) is 4.31. The fraction of sp³-hybridized carbons (Fsp3) is 0.259. The van der Waals surface area contributed by atoms with Crippen LogP contribution in [0.2, 0.25) is 0 Å². The zero-order valence-electron chi connectivity index (χ0n) is 19.8. The molecular formula is C27H26N6OS. The molecule has 1 aromatic carbocycles. The van der Waals surface area contributed by atoms with Crippen molar-refractivity contribution in [2.45, 2.75) is 20.4 Å². The average Bonchev–Trinajstić information content (AvgIpc) is 3.48. The molecule has 5 heterocycles. The van der Waals surface area contributed by atoms with Gasteiger partial charge in [0, 0.05) is 49.4 Å². The minimum Gasteiger partial charge on any atom is -0.361 e. The Bertz CT molecular complexity index is 1440. The lowest BCUT2D eigenvalue weighted by molar-refractivity contribution is 0.247. The fourth-order valence-corrected chi connectivity index (χ4v) is 5.60. The summed E-state index contributed by atoms with van der Waals surface area (Å²) in [6, 6.07) is 18.6. The first-order valence-corrected chi connectivity index (χ1v) is 12.6. The number of hydrogen-bond donors (Lipinski definition) is 0. The third-order valence-corrected chi connectivity index (χ3v) is 7.64. The van der Waals surface area contributed by atoms with Crippen LogP contribution in [0.15, 0.2) is 65.3 Å². The normalized spacial score (nSPS) is 14.6. The number of aromatic nitrogens is 4. The molecule has 1 fully saturated rings. The Morgan fingerprint density at radius 1 is 0.943 bits per heavy atom. The van der Waals surface area contributed by atoms with E-state index < -0.39 is 0 Å². The predicted octanol–water partition coefficient (Wildman–Crippen LogP) is 5.35. The summed E-state index contributed by atoms with van der Waals surface area (Å²) in [5, 5.41) is 5.21. The molecule has 0 N–H and O–H groups in total. The fourth-order valence-electron chi connectivity index (χ4n) is 4.57. The molecule has 4 aromatic heterocycles. The van der Waals surface area contributed by atoms with Crippen LogP contribution in [-0.4, -0.2) is 51.2 Å². The van der Waals surface area contributed by atoms with Gasteiger partial charge in [0.25, 0.3) is 0 Å². The molecule has 1 aliphatic rings. The second kappa shape index (κ2) is 9.20. The number of aryl methyl sites for hydroxylation is 2. The average molecular weight is 483 g/mol. The van der Waals surface area contributed by atoms with Crippen molar-refractivity contribution in [1.82, 2.24) is 25.0 Å². The Morgan fingerprint density at radius 2 is 1.74 bits per heavy atom. The number of benzene rings is 1. The number of piperazine rings is 1. The monoisotopic (exact) mass is 482 g/mol. The van der Waals surface area contributed by atoms with E-state index in [9.17, 15) is 0 Å². The van der Waals surface area contributed by atoms with E-state index in [0.29, 0.717) is 5.82 Å². The Kier molecular flexibility index (Phi) is 5.75. The van der Waals surface area contributed by atoms with Gasteiger partial charge in [-0.1, -0.05) is 41.6 Å². The molecule has 0 spiro atoms. The number of anilines is 1. The zero-order chi connectivity index (χ0) is 23.8. The summed E-state index contributed by atoms with van der Waals surface area (Å²) in [5.41, 5.74) is 4.17. The number of nitrogens with zero attached hydrogens (tertiary/aromatic N) is 6. The summed E-state index contributed by atoms with van der Waals surface area (Å²) < 4.78 is 5.36. The Labute approximate surface area is 208 Å². The van der Waals surface area contributed by atoms with Crippen molar-refractivity contribution in [2.24, 2.45) is 0 Å². The third-order valence-electron chi connectivity index (χ3n) is 6.56. The standard InChI is InChI=1S/C27H26N6OS/c1-18-22(19(2)34-31-18)17-32-12-14-33(15-13-32)26-21-16-24(20-8-4-3-5-9-20)35-27(21)30-25(29-26)23-10-6-7-11-28-23/h3-11,16H,12-15,17H2,1-2H3. The molecule has 176 valence electrons. The Balaban J connectivity index is 1.33. The summed E-state index contributed by atoms with van der Waals surface area (Å²) in [7, 11) is 0. The molecule has 8 heteroatoms. The highest BCUT2D eigenvalue weighted by Gasteiger charge is 2.24. The molecule has 0 unspecified atom stereocenters. The molecule has 1 saturated heterocycles. The molecule has 6 rings (SSSR count). The molecule has 0 amide bonds. The van der Waals surface area contributed by atoms with E-state index in [-0.39, 0.29) is 0 Å². The zero-order valence-corrected chi connectivity index (χ0v) is 20.6. The van der Waals surface area contributed by atoms with Gasteiger partial charge in [0.1, 0.15) is 22.1 Å². The van der Waals surface area contributed by atoms with Crippen LogP contribution < -0.4 is 4.90 Å². The molecule has 7 nitrogen and oxygen atoms in total. The SMILES string of the molecule is Cc1noc(C)c1CN1CCN(c2nc(-c3ccccn3)nc3sc(-c4ccccc4)cc23)CC1. The Morgan fingerprint density at radius 3 is 2.46 bits per heavy atom. The first-order valence-electron chi connectivity index (χ1n) is 11.8. The van der Waals surface area contributed by atoms with Crippen molar-refractivity contribution in [2.75, 3.05) is 31.1 Å². The van der Waals surface area contributed by atoms with E-state index in [1.165, 1.54) is 16.0 Å². The van der Waals surface area contributed by atoms with Crippen molar-refractivity contribution < 1.29 is 4.52 Å². The van der Waals surface area contributed by atoms with Gasteiger partial charge in [-0.3, -0.25) is 9.88 Å². The maximum absolute atomic E-state index is 5.36. The number of thiophene rings is 1. The molecule has 35 heavy (non-hydrogen) atoms. The van der Waals surface area contributed by atoms with Gasteiger partial charge < -0.3 is 9.42 Å². The minimum absolute atomic E-state index is 0.674. The van der Waals surface area contributed by atoms with E-state index in [1.807, 2.05) is 38.1 Å². The van der Waals surface area contributed by atoms with E-state index >= 15 is 0 Å². The first kappa shape index (κ1) is 21.9. The molecule has 0 bridgehead atoms. The van der Waals surface area contributed by atoms with Gasteiger partial charge in [0.2, 0.25) is 0 Å². The van der Waals surface area contributed by atoms with Crippen LogP contribution in [0, 0.1) is 13.8 Å². The number of hydrogen-bond acceptors (Lipinski definition) is 8. The van der Waals surface area contributed by atoms with Crippen LogP contribution in [0.3, 0.4) is 0 Å². The van der Waals surface area contributed by atoms with Gasteiger partial charge in [-0.25, -0.2) is 9.97 Å². The molecule has 0 aliphatic carbocycles. The largest absolute Gasteiger partial charge is 0.361 e. The van der Waals surface area contributed by atoms with E-state index in [0.717, 1.165) is 65.9 Å². The molecular weight excluding hydrogens is 456 g/mol. The van der Waals surface area contributed by atoms with Crippen molar-refractivity contribution in [1.29, 1.82) is 0 Å². The van der Waals surface area contributed by atoms with Gasteiger partial charge in [-0.15, -0.1) is 11.3 Å². The number of pyridine rings is 1. The van der Waals surface area contributed by atoms with E-state index in [2.05, 4.69) is 50.3 Å². The maximum atomic E-state index is 5.36. The Hall–Kier alpha value is -3.62. The van der Waals surface area contributed by atoms with Gasteiger partial charge in [0.05, 0.1) is 11.1 Å². The van der Waals surface area contributed by atoms with Crippen molar-refractivity contribution in [3.8, 4) is 22.0 Å². The van der Waals surface area contributed by atoms with Crippen LogP contribution in [0.4, 0.5) is 5.82 Å². The number of rotatable bonds is 5. The highest BCUT2D eigenvalue weighted by Crippen LogP contribution is 2.38. The van der Waals surface area contributed by atoms with Crippen LogP contribution in [0.5, 0.6) is 0 Å². The van der Waals surface area contributed by atoms with Crippen LogP contribution >= 0.6 is 11.3 Å². The van der Waals surface area contributed by atoms with Crippen LogP contribution in [0.25, 0.3) is 32.2 Å². The minimum atomic E-state index is 0.674. The van der Waals surface area contributed by atoms with Crippen LogP contribution in [-0.2, 0) is 6.54 Å². The lowest BCUT2D eigenvalue weighted by Crippen LogP contribution is -2.46.